The summed E-state index contributed by atoms with van der Waals surface area (Å²) in [7, 11) is 1.62. The van der Waals surface area contributed by atoms with E-state index in [1.807, 2.05) is 12.1 Å². The van der Waals surface area contributed by atoms with Crippen LogP contribution in [0, 0.1) is 6.92 Å². The normalized spacial score (nSPS) is 10.9. The van der Waals surface area contributed by atoms with Gasteiger partial charge in [-0.2, -0.15) is 0 Å². The predicted molar refractivity (Wildman–Crippen MR) is 77.9 cm³/mol. The van der Waals surface area contributed by atoms with Crippen LogP contribution in [0.1, 0.15) is 47.1 Å². The molecule has 0 radical (unpaired) electrons. The zero-order valence-electron chi connectivity index (χ0n) is 12.6. The molecule has 6 nitrogen and oxygen atoms in total. The van der Waals surface area contributed by atoms with Crippen LogP contribution in [0.2, 0.25) is 0 Å². The summed E-state index contributed by atoms with van der Waals surface area (Å²) in [6, 6.07) is 6.02. The lowest BCUT2D eigenvalue weighted by Gasteiger charge is -2.13. The van der Waals surface area contributed by atoms with E-state index in [1.54, 1.807) is 18.7 Å². The fourth-order valence-electron chi connectivity index (χ4n) is 2.15. The molecule has 0 aliphatic rings. The van der Waals surface area contributed by atoms with E-state index in [9.17, 15) is 4.79 Å². The van der Waals surface area contributed by atoms with E-state index in [2.05, 4.69) is 30.2 Å². The number of hydrogen-bond acceptors (Lipinski definition) is 4. The molecule has 1 aromatic carbocycles. The average Bonchev–Trinajstić information content (AvgIpc) is 2.80. The first kappa shape index (κ1) is 15.0. The first-order valence-corrected chi connectivity index (χ1v) is 6.74. The van der Waals surface area contributed by atoms with Gasteiger partial charge in [0.25, 0.3) is 0 Å². The molecule has 0 bridgehead atoms. The van der Waals surface area contributed by atoms with Crippen molar-refractivity contribution < 1.29 is 14.6 Å². The minimum Gasteiger partial charge on any atom is -0.496 e. The summed E-state index contributed by atoms with van der Waals surface area (Å²) in [5.74, 6) is 0.0916. The van der Waals surface area contributed by atoms with Crippen LogP contribution in [0.3, 0.4) is 0 Å². The van der Waals surface area contributed by atoms with E-state index in [0.717, 1.165) is 11.3 Å². The quantitative estimate of drug-likeness (QED) is 0.915. The van der Waals surface area contributed by atoms with Crippen molar-refractivity contribution in [1.29, 1.82) is 0 Å². The molecule has 2 rings (SSSR count). The van der Waals surface area contributed by atoms with E-state index in [-0.39, 0.29) is 5.69 Å². The molecule has 2 aromatic rings. The van der Waals surface area contributed by atoms with Crippen LogP contribution >= 0.6 is 0 Å². The number of nitrogens with zero attached hydrogens (tertiary/aromatic N) is 3. The van der Waals surface area contributed by atoms with Crippen LogP contribution in [0.4, 0.5) is 0 Å². The average molecular weight is 289 g/mol. The number of carboxylic acids is 1. The minimum absolute atomic E-state index is 0.0195. The zero-order valence-corrected chi connectivity index (χ0v) is 12.6. The van der Waals surface area contributed by atoms with Gasteiger partial charge in [0.2, 0.25) is 0 Å². The van der Waals surface area contributed by atoms with Crippen molar-refractivity contribution in [2.45, 2.75) is 33.2 Å². The van der Waals surface area contributed by atoms with Crippen LogP contribution in [0.25, 0.3) is 0 Å². The third-order valence-electron chi connectivity index (χ3n) is 3.48. The Hall–Kier alpha value is -2.37. The lowest BCUT2D eigenvalue weighted by Crippen LogP contribution is -2.07. The molecule has 0 unspecified atom stereocenters. The van der Waals surface area contributed by atoms with E-state index in [1.165, 1.54) is 5.56 Å². The predicted octanol–water partition coefficient (Wildman–Crippen LogP) is 2.47. The standard InChI is InChI=1S/C15H19N3O3/c1-9(2)11-5-6-13(21-4)12(7-11)8-18-10(3)14(15(19)20)16-17-18/h5-7,9H,8H2,1-4H3,(H,19,20). The molecule has 0 saturated carbocycles. The number of aromatic nitrogens is 3. The molecule has 1 N–H and O–H groups in total. The molecule has 0 fully saturated rings. The fourth-order valence-corrected chi connectivity index (χ4v) is 2.15. The van der Waals surface area contributed by atoms with Crippen molar-refractivity contribution in [2.24, 2.45) is 0 Å². The van der Waals surface area contributed by atoms with Crippen LogP contribution < -0.4 is 4.74 Å². The molecule has 0 spiro atoms. The lowest BCUT2D eigenvalue weighted by atomic mass is 10.00. The van der Waals surface area contributed by atoms with E-state index in [4.69, 9.17) is 9.84 Å². The van der Waals surface area contributed by atoms with Gasteiger partial charge in [-0.05, 0) is 30.5 Å². The van der Waals surface area contributed by atoms with Crippen molar-refractivity contribution in [3.8, 4) is 5.75 Å². The number of carbonyl (C=O) groups is 1. The number of rotatable bonds is 5. The molecule has 0 atom stereocenters. The molecule has 0 amide bonds. The molecule has 112 valence electrons. The lowest BCUT2D eigenvalue weighted by molar-refractivity contribution is 0.0689. The van der Waals surface area contributed by atoms with E-state index < -0.39 is 5.97 Å². The molecule has 0 aliphatic heterocycles. The maximum absolute atomic E-state index is 11.0. The SMILES string of the molecule is COc1ccc(C(C)C)cc1Cn1nnc(C(=O)O)c1C. The summed E-state index contributed by atoms with van der Waals surface area (Å²) >= 11 is 0. The van der Waals surface area contributed by atoms with Crippen LogP contribution in [-0.2, 0) is 6.54 Å². The Balaban J connectivity index is 2.38. The fraction of sp³-hybridized carbons (Fsp3) is 0.400. The molecule has 6 heteroatoms. The van der Waals surface area contributed by atoms with Crippen LogP contribution in [0.5, 0.6) is 5.75 Å². The van der Waals surface area contributed by atoms with Crippen molar-refractivity contribution in [2.75, 3.05) is 7.11 Å². The zero-order chi connectivity index (χ0) is 15.6. The Morgan fingerprint density at radius 3 is 2.67 bits per heavy atom. The van der Waals surface area contributed by atoms with E-state index >= 15 is 0 Å². The van der Waals surface area contributed by atoms with Gasteiger partial charge >= 0.3 is 5.97 Å². The summed E-state index contributed by atoms with van der Waals surface area (Å²) in [6.45, 7) is 6.36. The van der Waals surface area contributed by atoms with Crippen molar-refractivity contribution in [3.05, 3.63) is 40.7 Å². The van der Waals surface area contributed by atoms with Gasteiger partial charge in [0.1, 0.15) is 5.75 Å². The largest absolute Gasteiger partial charge is 0.496 e. The summed E-state index contributed by atoms with van der Waals surface area (Å²) in [5, 5.41) is 16.6. The highest BCUT2D eigenvalue weighted by Crippen LogP contribution is 2.25. The Kier molecular flexibility index (Phi) is 4.26. The first-order valence-electron chi connectivity index (χ1n) is 6.74. The first-order chi connectivity index (χ1) is 9.93. The number of methoxy groups -OCH3 is 1. The molecular formula is C15H19N3O3. The summed E-state index contributed by atoms with van der Waals surface area (Å²) < 4.78 is 6.94. The molecule has 1 aromatic heterocycles. The Bertz CT molecular complexity index is 662. The Morgan fingerprint density at radius 2 is 2.14 bits per heavy atom. The van der Waals surface area contributed by atoms with Crippen LogP contribution in [-0.4, -0.2) is 33.2 Å². The van der Waals surface area contributed by atoms with Crippen molar-refractivity contribution >= 4 is 5.97 Å². The van der Waals surface area contributed by atoms with Gasteiger partial charge in [0.05, 0.1) is 19.3 Å². The molecule has 1 heterocycles. The second-order valence-electron chi connectivity index (χ2n) is 5.21. The highest BCUT2D eigenvalue weighted by atomic mass is 16.5. The van der Waals surface area contributed by atoms with Crippen LogP contribution in [0.15, 0.2) is 18.2 Å². The van der Waals surface area contributed by atoms with Gasteiger partial charge in [-0.3, -0.25) is 0 Å². The third kappa shape index (κ3) is 3.04. The Labute approximate surface area is 123 Å². The van der Waals surface area contributed by atoms with Gasteiger partial charge in [0, 0.05) is 5.56 Å². The van der Waals surface area contributed by atoms with Gasteiger partial charge in [-0.15, -0.1) is 5.10 Å². The van der Waals surface area contributed by atoms with Gasteiger partial charge in [-0.1, -0.05) is 25.1 Å². The second kappa shape index (κ2) is 5.95. The summed E-state index contributed by atoms with van der Waals surface area (Å²) in [4.78, 5) is 11.0. The maximum atomic E-state index is 11.0. The topological polar surface area (TPSA) is 77.2 Å². The smallest absolute Gasteiger partial charge is 0.358 e. The molecule has 0 saturated heterocycles. The number of carboxylic acid groups (broad SMARTS) is 1. The second-order valence-corrected chi connectivity index (χ2v) is 5.21. The number of aromatic carboxylic acids is 1. The highest BCUT2D eigenvalue weighted by molar-refractivity contribution is 5.86. The van der Waals surface area contributed by atoms with Gasteiger partial charge < -0.3 is 9.84 Å². The third-order valence-corrected chi connectivity index (χ3v) is 3.48. The number of ether oxygens (including phenoxy) is 1. The van der Waals surface area contributed by atoms with E-state index in [0.29, 0.717) is 18.2 Å². The number of hydrogen-bond donors (Lipinski definition) is 1. The molecule has 21 heavy (non-hydrogen) atoms. The minimum atomic E-state index is -1.07. The Morgan fingerprint density at radius 1 is 1.43 bits per heavy atom. The van der Waals surface area contributed by atoms with Gasteiger partial charge in [0.15, 0.2) is 5.69 Å². The monoisotopic (exact) mass is 289 g/mol. The maximum Gasteiger partial charge on any atom is 0.358 e. The van der Waals surface area contributed by atoms with Crippen molar-refractivity contribution in [3.63, 3.8) is 0 Å². The molecular weight excluding hydrogens is 270 g/mol. The summed E-state index contributed by atoms with van der Waals surface area (Å²) in [6.07, 6.45) is 0. The number of benzene rings is 1. The van der Waals surface area contributed by atoms with Gasteiger partial charge in [-0.25, -0.2) is 9.48 Å². The molecule has 0 aliphatic carbocycles. The van der Waals surface area contributed by atoms with Crippen molar-refractivity contribution in [1.82, 2.24) is 15.0 Å². The highest BCUT2D eigenvalue weighted by Gasteiger charge is 2.16. The summed E-state index contributed by atoms with van der Waals surface area (Å²) in [5.41, 5.74) is 2.66.